The van der Waals surface area contributed by atoms with Crippen molar-refractivity contribution in [2.75, 3.05) is 15.8 Å². The first-order valence-electron chi connectivity index (χ1n) is 9.18. The number of carbonyl (C=O) groups is 1. The Labute approximate surface area is 189 Å². The minimum absolute atomic E-state index is 0.00981. The van der Waals surface area contributed by atoms with Gasteiger partial charge in [-0.1, -0.05) is 46.9 Å². The monoisotopic (exact) mass is 472 g/mol. The molecule has 31 heavy (non-hydrogen) atoms. The summed E-state index contributed by atoms with van der Waals surface area (Å²) in [6.07, 6.45) is 0. The lowest BCUT2D eigenvalue weighted by Gasteiger charge is -2.11. The van der Waals surface area contributed by atoms with Crippen LogP contribution in [-0.4, -0.2) is 25.1 Å². The van der Waals surface area contributed by atoms with Crippen LogP contribution >= 0.6 is 23.1 Å². The lowest BCUT2D eigenvalue weighted by Crippen LogP contribution is -2.17. The van der Waals surface area contributed by atoms with Crippen molar-refractivity contribution in [2.45, 2.75) is 29.9 Å². The number of thioether (sulfide) groups is 1. The van der Waals surface area contributed by atoms with E-state index in [4.69, 9.17) is 5.26 Å². The van der Waals surface area contributed by atoms with Gasteiger partial charge in [-0.05, 0) is 50.6 Å². The van der Waals surface area contributed by atoms with Crippen molar-refractivity contribution in [1.82, 2.24) is 4.98 Å². The largest absolute Gasteiger partial charge is 0.298 e. The molecule has 0 aliphatic rings. The molecule has 0 atom stereocenters. The molecule has 0 fully saturated rings. The van der Waals surface area contributed by atoms with Crippen molar-refractivity contribution in [3.05, 3.63) is 64.8 Å². The normalized spacial score (nSPS) is 11.0. The first-order valence-corrected chi connectivity index (χ1v) is 12.5. The van der Waals surface area contributed by atoms with E-state index in [9.17, 15) is 13.2 Å². The van der Waals surface area contributed by atoms with Crippen LogP contribution in [0.2, 0.25) is 0 Å². The molecule has 0 aliphatic carbocycles. The zero-order valence-corrected chi connectivity index (χ0v) is 19.5. The Hall–Kier alpha value is -2.87. The molecule has 3 rings (SSSR count). The molecule has 10 heteroatoms. The number of aromatic nitrogens is 1. The number of nitriles is 1. The van der Waals surface area contributed by atoms with Gasteiger partial charge in [-0.25, -0.2) is 13.4 Å². The highest BCUT2D eigenvalue weighted by molar-refractivity contribution is 8.01. The van der Waals surface area contributed by atoms with E-state index in [0.717, 1.165) is 15.5 Å². The molecule has 1 heterocycles. The molecule has 0 radical (unpaired) electrons. The Morgan fingerprint density at radius 3 is 2.55 bits per heavy atom. The van der Waals surface area contributed by atoms with Gasteiger partial charge in [0, 0.05) is 11.3 Å². The number of sulfonamides is 1. The van der Waals surface area contributed by atoms with E-state index in [2.05, 4.69) is 21.1 Å². The third-order valence-corrected chi connectivity index (χ3v) is 7.99. The molecule has 0 bridgehead atoms. The van der Waals surface area contributed by atoms with Crippen molar-refractivity contribution in [2.24, 2.45) is 0 Å². The highest BCUT2D eigenvalue weighted by Gasteiger charge is 2.19. The lowest BCUT2D eigenvalue weighted by atomic mass is 10.1. The average Bonchev–Trinajstić information content (AvgIpc) is 3.06. The third kappa shape index (κ3) is 5.64. The quantitative estimate of drug-likeness (QED) is 0.481. The molecule has 0 aliphatic heterocycles. The van der Waals surface area contributed by atoms with Crippen LogP contribution < -0.4 is 10.0 Å². The molecule has 160 valence electrons. The van der Waals surface area contributed by atoms with E-state index in [0.29, 0.717) is 22.1 Å². The number of aryl methyl sites for hydroxylation is 3. The zero-order valence-electron chi connectivity index (χ0n) is 17.1. The fourth-order valence-electron chi connectivity index (χ4n) is 2.68. The predicted octanol–water partition coefficient (Wildman–Crippen LogP) is 4.74. The summed E-state index contributed by atoms with van der Waals surface area (Å²) < 4.78 is 29.0. The van der Waals surface area contributed by atoms with Crippen LogP contribution in [0.15, 0.2) is 51.6 Å². The topological polar surface area (TPSA) is 112 Å². The summed E-state index contributed by atoms with van der Waals surface area (Å²) in [4.78, 5) is 17.1. The molecule has 0 unspecified atom stereocenters. The van der Waals surface area contributed by atoms with Gasteiger partial charge in [0.1, 0.15) is 0 Å². The maximum absolute atomic E-state index is 12.8. The summed E-state index contributed by atoms with van der Waals surface area (Å²) in [6, 6.07) is 13.5. The van der Waals surface area contributed by atoms with Gasteiger partial charge < -0.3 is 0 Å². The molecule has 3 aromatic rings. The number of amides is 1. The Balaban J connectivity index is 1.82. The Morgan fingerprint density at radius 2 is 1.87 bits per heavy atom. The van der Waals surface area contributed by atoms with E-state index < -0.39 is 15.9 Å². The number of hydrogen-bond acceptors (Lipinski definition) is 7. The fourth-order valence-corrected chi connectivity index (χ4v) is 5.56. The highest BCUT2D eigenvalue weighted by Crippen LogP contribution is 2.32. The summed E-state index contributed by atoms with van der Waals surface area (Å²) in [6.45, 7) is 5.46. The highest BCUT2D eigenvalue weighted by atomic mass is 32.2. The molecule has 2 N–H and O–H groups in total. The van der Waals surface area contributed by atoms with E-state index in [1.165, 1.54) is 35.2 Å². The van der Waals surface area contributed by atoms with Gasteiger partial charge >= 0.3 is 0 Å². The minimum atomic E-state index is -3.86. The third-order valence-electron chi connectivity index (χ3n) is 4.31. The van der Waals surface area contributed by atoms with Crippen LogP contribution in [0.3, 0.4) is 0 Å². The van der Waals surface area contributed by atoms with Gasteiger partial charge in [0.25, 0.3) is 15.9 Å². The van der Waals surface area contributed by atoms with Crippen LogP contribution in [0.4, 0.5) is 10.8 Å². The van der Waals surface area contributed by atoms with E-state index in [1.54, 1.807) is 32.0 Å². The van der Waals surface area contributed by atoms with Crippen molar-refractivity contribution in [3.63, 3.8) is 0 Å². The Morgan fingerprint density at radius 1 is 1.16 bits per heavy atom. The van der Waals surface area contributed by atoms with Gasteiger partial charge in [0.05, 0.1) is 26.6 Å². The van der Waals surface area contributed by atoms with Gasteiger partial charge in [-0.3, -0.25) is 14.8 Å². The summed E-state index contributed by atoms with van der Waals surface area (Å²) in [7, 11) is -3.86. The second-order valence-corrected chi connectivity index (χ2v) is 10.7. The summed E-state index contributed by atoms with van der Waals surface area (Å²) in [5, 5.41) is 11.9. The lowest BCUT2D eigenvalue weighted by molar-refractivity contribution is 0.102. The summed E-state index contributed by atoms with van der Waals surface area (Å²) >= 11 is 2.64. The van der Waals surface area contributed by atoms with Crippen LogP contribution in [0.25, 0.3) is 0 Å². The number of thiazole rings is 1. The molecule has 7 nitrogen and oxygen atoms in total. The van der Waals surface area contributed by atoms with Gasteiger partial charge in [0.2, 0.25) is 0 Å². The summed E-state index contributed by atoms with van der Waals surface area (Å²) in [5.74, 6) is -0.154. The smallest absolute Gasteiger partial charge is 0.261 e. The van der Waals surface area contributed by atoms with Gasteiger partial charge in [0.15, 0.2) is 5.13 Å². The second-order valence-electron chi connectivity index (χ2n) is 6.74. The molecule has 0 spiro atoms. The molecule has 2 aromatic carbocycles. The Kier molecular flexibility index (Phi) is 7.00. The van der Waals surface area contributed by atoms with Gasteiger partial charge in [-0.2, -0.15) is 5.26 Å². The Bertz CT molecular complexity index is 1260. The molecular weight excluding hydrogens is 452 g/mol. The summed E-state index contributed by atoms with van der Waals surface area (Å²) in [5.41, 5.74) is 3.07. The van der Waals surface area contributed by atoms with Crippen molar-refractivity contribution < 1.29 is 13.2 Å². The maximum atomic E-state index is 12.8. The average molecular weight is 473 g/mol. The number of anilines is 2. The maximum Gasteiger partial charge on any atom is 0.261 e. The van der Waals surface area contributed by atoms with Crippen LogP contribution in [0, 0.1) is 32.1 Å². The standard InChI is InChI=1S/C21H20N4O3S3/c1-13-4-7-16(8-5-13)25-31(27,28)17-9-6-14(2)18(12-17)19(26)24-21-23-15(3)20(30-21)29-11-10-22/h4-9,12,25H,11H2,1-3H3,(H,23,24,26). The van der Waals surface area contributed by atoms with Crippen LogP contribution in [0.5, 0.6) is 0 Å². The van der Waals surface area contributed by atoms with E-state index >= 15 is 0 Å². The van der Waals surface area contributed by atoms with Gasteiger partial charge in [-0.15, -0.1) is 0 Å². The number of nitrogens with zero attached hydrogens (tertiary/aromatic N) is 2. The molecule has 0 saturated carbocycles. The van der Waals surface area contributed by atoms with Crippen molar-refractivity contribution in [3.8, 4) is 6.07 Å². The van der Waals surface area contributed by atoms with Crippen molar-refractivity contribution >= 4 is 49.8 Å². The molecule has 0 saturated heterocycles. The SMILES string of the molecule is Cc1ccc(NS(=O)(=O)c2ccc(C)c(C(=O)Nc3nc(C)c(SCC#N)s3)c2)cc1. The second kappa shape index (κ2) is 9.51. The van der Waals surface area contributed by atoms with Crippen LogP contribution in [0.1, 0.15) is 27.2 Å². The number of hydrogen-bond donors (Lipinski definition) is 2. The number of benzene rings is 2. The number of nitrogens with one attached hydrogen (secondary N) is 2. The fraction of sp³-hybridized carbons (Fsp3) is 0.190. The minimum Gasteiger partial charge on any atom is -0.298 e. The predicted molar refractivity (Wildman–Crippen MR) is 124 cm³/mol. The van der Waals surface area contributed by atoms with E-state index in [1.807, 2.05) is 19.1 Å². The molecule has 1 aromatic heterocycles. The zero-order chi connectivity index (χ0) is 22.6. The van der Waals surface area contributed by atoms with E-state index in [-0.39, 0.29) is 10.5 Å². The first-order chi connectivity index (χ1) is 14.7. The number of carbonyl (C=O) groups excluding carboxylic acids is 1. The molecular formula is C21H20N4O3S3. The van der Waals surface area contributed by atoms with Crippen LogP contribution in [-0.2, 0) is 10.0 Å². The molecule has 1 amide bonds. The number of rotatable bonds is 7. The van der Waals surface area contributed by atoms with Crippen molar-refractivity contribution in [1.29, 1.82) is 5.26 Å². The first kappa shape index (κ1) is 22.8.